The van der Waals surface area contributed by atoms with Crippen molar-refractivity contribution in [3.8, 4) is 0 Å². The van der Waals surface area contributed by atoms with Crippen molar-refractivity contribution in [2.75, 3.05) is 0 Å². The van der Waals surface area contributed by atoms with Gasteiger partial charge in [-0.2, -0.15) is 0 Å². The molecule has 0 rings (SSSR count). The minimum atomic E-state index is -3.57. The van der Waals surface area contributed by atoms with Crippen molar-refractivity contribution >= 4 is 31.1 Å². The van der Waals surface area contributed by atoms with E-state index < -0.39 is 19.2 Å². The third-order valence-electron chi connectivity index (χ3n) is 4.50. The Balaban J connectivity index is 4.32. The van der Waals surface area contributed by atoms with Crippen LogP contribution in [0.4, 0.5) is 0 Å². The quantitative estimate of drug-likeness (QED) is 0.235. The fourth-order valence-corrected chi connectivity index (χ4v) is 8.87. The third kappa shape index (κ3) is 12.7. The summed E-state index contributed by atoms with van der Waals surface area (Å²) in [6.45, 7) is 12.7. The Morgan fingerprint density at radius 1 is 0.720 bits per heavy atom. The molecule has 25 heavy (non-hydrogen) atoms. The maximum atomic E-state index is 12.2. The zero-order valence-electron chi connectivity index (χ0n) is 17.4. The molecule has 0 spiro atoms. The van der Waals surface area contributed by atoms with Crippen LogP contribution in [0.25, 0.3) is 0 Å². The average Bonchev–Trinajstić information content (AvgIpc) is 2.54. The summed E-state index contributed by atoms with van der Waals surface area (Å²) in [7, 11) is 0. The summed E-state index contributed by atoms with van der Waals surface area (Å²) in [5.41, 5.74) is 0. The first-order valence-corrected chi connectivity index (χ1v) is 16.5. The van der Waals surface area contributed by atoms with Crippen LogP contribution in [0.3, 0.4) is 0 Å². The van der Waals surface area contributed by atoms with Crippen LogP contribution < -0.4 is 0 Å². The van der Waals surface area contributed by atoms with Crippen LogP contribution in [0.2, 0.25) is 8.87 Å². The van der Waals surface area contributed by atoms with E-state index in [9.17, 15) is 9.59 Å². The molecule has 0 aliphatic carbocycles. The molecule has 0 aromatic carbocycles. The first kappa shape index (κ1) is 24.7. The summed E-state index contributed by atoms with van der Waals surface area (Å²) in [6, 6.07) is 0. The van der Waals surface area contributed by atoms with Crippen molar-refractivity contribution in [1.82, 2.24) is 0 Å². The number of rotatable bonds is 14. The van der Waals surface area contributed by atoms with Gasteiger partial charge >= 0.3 is 160 Å². The van der Waals surface area contributed by atoms with E-state index >= 15 is 0 Å². The van der Waals surface area contributed by atoms with Gasteiger partial charge in [0.15, 0.2) is 0 Å². The maximum absolute atomic E-state index is 12.2. The molecule has 0 radical (unpaired) electrons. The van der Waals surface area contributed by atoms with E-state index in [0.717, 1.165) is 38.5 Å². The number of carbonyl (C=O) groups is 2. The number of hydrogen-bond donors (Lipinski definition) is 0. The van der Waals surface area contributed by atoms with E-state index in [1.54, 1.807) is 0 Å². The molecule has 0 unspecified atom stereocenters. The van der Waals surface area contributed by atoms with Gasteiger partial charge in [-0.15, -0.1) is 0 Å². The van der Waals surface area contributed by atoms with Crippen LogP contribution in [0, 0.1) is 11.8 Å². The Kier molecular flexibility index (Phi) is 13.7. The summed E-state index contributed by atoms with van der Waals surface area (Å²) >= 11 is -3.57. The Morgan fingerprint density at radius 3 is 1.36 bits per heavy atom. The molecule has 0 amide bonds. The van der Waals surface area contributed by atoms with Crippen LogP contribution in [0.15, 0.2) is 0 Å². The molecular formula is C20H40O4Sn. The molecule has 5 heteroatoms. The fraction of sp³-hybridized carbons (Fsp3) is 0.900. The van der Waals surface area contributed by atoms with Crippen LogP contribution >= 0.6 is 0 Å². The summed E-state index contributed by atoms with van der Waals surface area (Å²) in [5.74, 6) is 0.987. The van der Waals surface area contributed by atoms with Gasteiger partial charge in [-0.3, -0.25) is 0 Å². The third-order valence-corrected chi connectivity index (χ3v) is 14.1. The van der Waals surface area contributed by atoms with Gasteiger partial charge in [-0.1, -0.05) is 0 Å². The number of hydrogen-bond acceptors (Lipinski definition) is 4. The number of unbranched alkanes of at least 4 members (excludes halogenated alkanes) is 2. The summed E-state index contributed by atoms with van der Waals surface area (Å²) < 4.78 is 13.0. The summed E-state index contributed by atoms with van der Waals surface area (Å²) in [4.78, 5) is 24.4. The van der Waals surface area contributed by atoms with E-state index in [-0.39, 0.29) is 11.9 Å². The standard InChI is InChI=1S/2C8H16O2.2C2H5.Sn/c2*1-7(2)5-3-4-6-8(9)10;2*1-2;/h2*7H,3-6H2,1-2H3,(H,9,10);2*1H2,2H3;/q;;;;+2/p-2. The van der Waals surface area contributed by atoms with E-state index in [1.807, 2.05) is 13.8 Å². The second-order valence-corrected chi connectivity index (χ2v) is 18.2. The van der Waals surface area contributed by atoms with Gasteiger partial charge in [0.2, 0.25) is 0 Å². The molecule has 148 valence electrons. The second kappa shape index (κ2) is 13.9. The Labute approximate surface area is 160 Å². The molecule has 0 aromatic heterocycles. The normalized spacial score (nSPS) is 11.8. The topological polar surface area (TPSA) is 52.6 Å². The van der Waals surface area contributed by atoms with Gasteiger partial charge in [0.25, 0.3) is 0 Å². The van der Waals surface area contributed by atoms with Crippen molar-refractivity contribution in [1.29, 1.82) is 0 Å². The van der Waals surface area contributed by atoms with Crippen molar-refractivity contribution in [3.63, 3.8) is 0 Å². The number of carbonyl (C=O) groups excluding carboxylic acids is 2. The van der Waals surface area contributed by atoms with Crippen molar-refractivity contribution in [3.05, 3.63) is 0 Å². The molecule has 0 N–H and O–H groups in total. The van der Waals surface area contributed by atoms with Crippen LogP contribution in [-0.4, -0.2) is 31.1 Å². The van der Waals surface area contributed by atoms with Crippen LogP contribution in [-0.2, 0) is 15.7 Å². The molecule has 0 heterocycles. The van der Waals surface area contributed by atoms with Crippen molar-refractivity contribution < 1.29 is 15.7 Å². The van der Waals surface area contributed by atoms with Gasteiger partial charge in [0.05, 0.1) is 0 Å². The monoisotopic (exact) mass is 464 g/mol. The van der Waals surface area contributed by atoms with Gasteiger partial charge in [0, 0.05) is 0 Å². The molecule has 0 aliphatic rings. The van der Waals surface area contributed by atoms with E-state index in [1.165, 1.54) is 0 Å². The SMILES string of the molecule is C[CH2][Sn]([CH2]C)([O]C(=O)CCCCC(C)C)[O]C(=O)CCCCC(C)C. The molecule has 4 nitrogen and oxygen atoms in total. The Morgan fingerprint density at radius 2 is 1.08 bits per heavy atom. The second-order valence-electron chi connectivity index (χ2n) is 7.85. The minimum absolute atomic E-state index is 0.170. The van der Waals surface area contributed by atoms with Crippen molar-refractivity contribution in [2.45, 2.75) is 102 Å². The van der Waals surface area contributed by atoms with Crippen molar-refractivity contribution in [2.24, 2.45) is 11.8 Å². The van der Waals surface area contributed by atoms with Gasteiger partial charge in [0.1, 0.15) is 0 Å². The summed E-state index contributed by atoms with van der Waals surface area (Å²) in [5, 5.41) is 0. The summed E-state index contributed by atoms with van der Waals surface area (Å²) in [6.07, 6.45) is 6.95. The van der Waals surface area contributed by atoms with E-state index in [2.05, 4.69) is 27.7 Å². The molecule has 0 saturated carbocycles. The Bertz CT molecular complexity index is 344. The average molecular weight is 463 g/mol. The molecule has 0 aliphatic heterocycles. The Hall–Kier alpha value is -0.261. The zero-order valence-corrected chi connectivity index (χ0v) is 20.2. The first-order chi connectivity index (χ1) is 11.7. The van der Waals surface area contributed by atoms with Gasteiger partial charge in [-0.25, -0.2) is 0 Å². The van der Waals surface area contributed by atoms with E-state index in [4.69, 9.17) is 6.15 Å². The molecular weight excluding hydrogens is 423 g/mol. The van der Waals surface area contributed by atoms with Gasteiger partial charge < -0.3 is 0 Å². The van der Waals surface area contributed by atoms with Crippen LogP contribution in [0.5, 0.6) is 0 Å². The molecule has 0 aromatic rings. The van der Waals surface area contributed by atoms with Crippen LogP contribution in [0.1, 0.15) is 92.9 Å². The molecule has 0 atom stereocenters. The van der Waals surface area contributed by atoms with Gasteiger partial charge in [-0.05, 0) is 0 Å². The first-order valence-electron chi connectivity index (χ1n) is 10.2. The van der Waals surface area contributed by atoms with E-state index in [0.29, 0.717) is 33.6 Å². The zero-order chi connectivity index (χ0) is 19.3. The fourth-order valence-electron chi connectivity index (χ4n) is 2.72. The predicted octanol–water partition coefficient (Wildman–Crippen LogP) is 5.99. The molecule has 0 fully saturated rings. The molecule has 0 saturated heterocycles. The molecule has 0 bridgehead atoms. The predicted molar refractivity (Wildman–Crippen MR) is 106 cm³/mol.